The molecule has 0 amide bonds. The predicted octanol–water partition coefficient (Wildman–Crippen LogP) is 2.66. The first kappa shape index (κ1) is 17.5. The van der Waals surface area contributed by atoms with Crippen LogP contribution in [0.25, 0.3) is 0 Å². The highest BCUT2D eigenvalue weighted by molar-refractivity contribution is 5.01. The molecule has 0 aromatic rings. The van der Waals surface area contributed by atoms with Crippen LogP contribution in [0.1, 0.15) is 53.4 Å². The zero-order valence-electron chi connectivity index (χ0n) is 13.8. The summed E-state index contributed by atoms with van der Waals surface area (Å²) in [7, 11) is 0. The summed E-state index contributed by atoms with van der Waals surface area (Å²) >= 11 is 0. The molecule has 2 unspecified atom stereocenters. The summed E-state index contributed by atoms with van der Waals surface area (Å²) in [6.45, 7) is 13.8. The summed E-state index contributed by atoms with van der Waals surface area (Å²) in [6, 6.07) is 0.506. The van der Waals surface area contributed by atoms with E-state index in [1.807, 2.05) is 6.92 Å². The van der Waals surface area contributed by atoms with Gasteiger partial charge in [0, 0.05) is 31.1 Å². The van der Waals surface area contributed by atoms with Crippen LogP contribution in [0.3, 0.4) is 0 Å². The van der Waals surface area contributed by atoms with Crippen molar-refractivity contribution in [2.45, 2.75) is 65.0 Å². The summed E-state index contributed by atoms with van der Waals surface area (Å²) in [5.41, 5.74) is 0.203. The third-order valence-corrected chi connectivity index (χ3v) is 4.58. The van der Waals surface area contributed by atoms with Crippen LogP contribution >= 0.6 is 0 Å². The molecule has 0 spiro atoms. The topological polar surface area (TPSA) is 24.5 Å². The van der Waals surface area contributed by atoms with E-state index in [0.717, 1.165) is 52.1 Å². The standard InChI is InChI=1S/C17H32N2O/c1-5-8-9-10-16(18-11-6-2)17(4,7-3)19-12-14-20-15-13-19/h16,18H,6-7,9-15H2,1-4H3. The number of ether oxygens (including phenoxy) is 1. The second-order valence-electron chi connectivity index (χ2n) is 5.78. The van der Waals surface area contributed by atoms with E-state index in [1.54, 1.807) is 0 Å². The molecule has 116 valence electrons. The number of rotatable bonds is 8. The van der Waals surface area contributed by atoms with Crippen molar-refractivity contribution in [3.05, 3.63) is 0 Å². The molecule has 0 aliphatic carbocycles. The van der Waals surface area contributed by atoms with E-state index in [4.69, 9.17) is 4.74 Å². The summed E-state index contributed by atoms with van der Waals surface area (Å²) < 4.78 is 5.51. The van der Waals surface area contributed by atoms with Crippen molar-refractivity contribution < 1.29 is 4.74 Å². The first-order valence-electron chi connectivity index (χ1n) is 8.14. The van der Waals surface area contributed by atoms with Crippen molar-refractivity contribution in [2.24, 2.45) is 0 Å². The van der Waals surface area contributed by atoms with Crippen LogP contribution in [0.2, 0.25) is 0 Å². The highest BCUT2D eigenvalue weighted by Crippen LogP contribution is 2.27. The first-order chi connectivity index (χ1) is 9.69. The molecule has 3 heteroatoms. The molecule has 3 nitrogen and oxygen atoms in total. The van der Waals surface area contributed by atoms with Gasteiger partial charge in [0.25, 0.3) is 0 Å². The molecule has 1 rings (SSSR count). The van der Waals surface area contributed by atoms with Gasteiger partial charge in [0.1, 0.15) is 0 Å². The van der Waals surface area contributed by atoms with Gasteiger partial charge >= 0.3 is 0 Å². The average Bonchev–Trinajstić information content (AvgIpc) is 2.51. The fourth-order valence-electron chi connectivity index (χ4n) is 3.06. The number of morpholine rings is 1. The van der Waals surface area contributed by atoms with Gasteiger partial charge in [0.05, 0.1) is 13.2 Å². The van der Waals surface area contributed by atoms with Crippen LogP contribution in [0.5, 0.6) is 0 Å². The van der Waals surface area contributed by atoms with E-state index < -0.39 is 0 Å². The van der Waals surface area contributed by atoms with Gasteiger partial charge in [-0.05, 0) is 39.7 Å². The number of hydrogen-bond acceptors (Lipinski definition) is 3. The lowest BCUT2D eigenvalue weighted by Gasteiger charge is -2.48. The maximum atomic E-state index is 5.51. The minimum Gasteiger partial charge on any atom is -0.379 e. The molecule has 1 saturated heterocycles. The van der Waals surface area contributed by atoms with Crippen LogP contribution in [-0.4, -0.2) is 49.3 Å². The molecular weight excluding hydrogens is 248 g/mol. The molecule has 1 N–H and O–H groups in total. The smallest absolute Gasteiger partial charge is 0.0594 e. The molecule has 0 aromatic heterocycles. The minimum absolute atomic E-state index is 0.203. The Morgan fingerprint density at radius 1 is 1.30 bits per heavy atom. The molecule has 1 fully saturated rings. The van der Waals surface area contributed by atoms with Gasteiger partial charge in [-0.25, -0.2) is 0 Å². The third kappa shape index (κ3) is 4.77. The van der Waals surface area contributed by atoms with Gasteiger partial charge in [-0.2, -0.15) is 0 Å². The predicted molar refractivity (Wildman–Crippen MR) is 85.9 cm³/mol. The van der Waals surface area contributed by atoms with Crippen molar-refractivity contribution >= 4 is 0 Å². The highest BCUT2D eigenvalue weighted by atomic mass is 16.5. The summed E-state index contributed by atoms with van der Waals surface area (Å²) in [5, 5.41) is 3.77. The van der Waals surface area contributed by atoms with Gasteiger partial charge in [0.15, 0.2) is 0 Å². The third-order valence-electron chi connectivity index (χ3n) is 4.58. The zero-order valence-corrected chi connectivity index (χ0v) is 13.8. The lowest BCUT2D eigenvalue weighted by molar-refractivity contribution is -0.0331. The first-order valence-corrected chi connectivity index (χ1v) is 8.14. The number of nitrogens with one attached hydrogen (secondary N) is 1. The Labute approximate surface area is 125 Å². The Morgan fingerprint density at radius 3 is 2.55 bits per heavy atom. The van der Waals surface area contributed by atoms with E-state index in [9.17, 15) is 0 Å². The molecule has 0 aromatic carbocycles. The van der Waals surface area contributed by atoms with Crippen molar-refractivity contribution in [3.8, 4) is 11.8 Å². The van der Waals surface area contributed by atoms with Crippen LogP contribution in [-0.2, 0) is 4.74 Å². The highest BCUT2D eigenvalue weighted by Gasteiger charge is 2.38. The van der Waals surface area contributed by atoms with Crippen molar-refractivity contribution in [1.29, 1.82) is 0 Å². The molecule has 2 atom stereocenters. The SMILES string of the molecule is CC#CCCC(NCCC)C(C)(CC)N1CCOCC1. The van der Waals surface area contributed by atoms with Gasteiger partial charge in [-0.15, -0.1) is 11.8 Å². The van der Waals surface area contributed by atoms with E-state index in [1.165, 1.54) is 6.42 Å². The molecule has 1 aliphatic rings. The van der Waals surface area contributed by atoms with Gasteiger partial charge in [-0.3, -0.25) is 4.90 Å². The zero-order chi connectivity index (χ0) is 14.8. The summed E-state index contributed by atoms with van der Waals surface area (Å²) in [4.78, 5) is 2.61. The number of hydrogen-bond donors (Lipinski definition) is 1. The summed E-state index contributed by atoms with van der Waals surface area (Å²) in [5.74, 6) is 6.24. The fraction of sp³-hybridized carbons (Fsp3) is 0.882. The van der Waals surface area contributed by atoms with Crippen LogP contribution in [0.15, 0.2) is 0 Å². The molecule has 1 aliphatic heterocycles. The molecular formula is C17H32N2O. The maximum absolute atomic E-state index is 5.51. The van der Waals surface area contributed by atoms with Crippen LogP contribution in [0, 0.1) is 11.8 Å². The lowest BCUT2D eigenvalue weighted by Crippen LogP contribution is -2.61. The minimum atomic E-state index is 0.203. The maximum Gasteiger partial charge on any atom is 0.0594 e. The van der Waals surface area contributed by atoms with Crippen LogP contribution in [0.4, 0.5) is 0 Å². The Kier molecular flexibility index (Phi) is 8.21. The van der Waals surface area contributed by atoms with Crippen molar-refractivity contribution in [2.75, 3.05) is 32.8 Å². The monoisotopic (exact) mass is 280 g/mol. The number of nitrogens with zero attached hydrogens (tertiary/aromatic N) is 1. The Hall–Kier alpha value is -0.560. The van der Waals surface area contributed by atoms with E-state index in [2.05, 4.69) is 42.8 Å². The van der Waals surface area contributed by atoms with E-state index >= 15 is 0 Å². The quantitative estimate of drug-likeness (QED) is 0.692. The largest absolute Gasteiger partial charge is 0.379 e. The van der Waals surface area contributed by atoms with Crippen LogP contribution < -0.4 is 5.32 Å². The van der Waals surface area contributed by atoms with Crippen molar-refractivity contribution in [3.63, 3.8) is 0 Å². The Bertz CT molecular complexity index is 315. The van der Waals surface area contributed by atoms with Crippen molar-refractivity contribution in [1.82, 2.24) is 10.2 Å². The van der Waals surface area contributed by atoms with Gasteiger partial charge in [-0.1, -0.05) is 13.8 Å². The Balaban J connectivity index is 2.75. The lowest BCUT2D eigenvalue weighted by atomic mass is 9.84. The van der Waals surface area contributed by atoms with E-state index in [-0.39, 0.29) is 5.54 Å². The second kappa shape index (κ2) is 9.39. The van der Waals surface area contributed by atoms with Gasteiger partial charge in [0.2, 0.25) is 0 Å². The molecule has 0 bridgehead atoms. The van der Waals surface area contributed by atoms with E-state index in [0.29, 0.717) is 6.04 Å². The average molecular weight is 280 g/mol. The normalized spacial score (nSPS) is 20.8. The molecule has 0 saturated carbocycles. The molecule has 0 radical (unpaired) electrons. The Morgan fingerprint density at radius 2 is 2.00 bits per heavy atom. The summed E-state index contributed by atoms with van der Waals surface area (Å²) in [6.07, 6.45) is 4.45. The second-order valence-corrected chi connectivity index (χ2v) is 5.78. The molecule has 20 heavy (non-hydrogen) atoms. The molecule has 1 heterocycles. The van der Waals surface area contributed by atoms with Gasteiger partial charge < -0.3 is 10.1 Å². The fourth-order valence-corrected chi connectivity index (χ4v) is 3.06.